The topological polar surface area (TPSA) is 77.4 Å². The molecule has 1 atom stereocenters. The van der Waals surface area contributed by atoms with E-state index in [2.05, 4.69) is 4.98 Å². The second-order valence-electron chi connectivity index (χ2n) is 7.18. The summed E-state index contributed by atoms with van der Waals surface area (Å²) >= 11 is 1.14. The molecule has 0 spiro atoms. The molecule has 9 heteroatoms. The Labute approximate surface area is 179 Å². The van der Waals surface area contributed by atoms with E-state index in [1.807, 2.05) is 12.1 Å². The van der Waals surface area contributed by atoms with E-state index in [1.165, 1.54) is 12.3 Å². The van der Waals surface area contributed by atoms with E-state index in [0.717, 1.165) is 29.0 Å². The van der Waals surface area contributed by atoms with Gasteiger partial charge in [0.05, 0.1) is 15.4 Å². The van der Waals surface area contributed by atoms with Crippen molar-refractivity contribution in [2.45, 2.75) is 17.6 Å². The number of urea groups is 1. The number of nitrogens with zero attached hydrogens (tertiary/aromatic N) is 3. The second kappa shape index (κ2) is 7.81. The lowest BCUT2D eigenvalue weighted by atomic mass is 10.0. The van der Waals surface area contributed by atoms with Gasteiger partial charge in [0.2, 0.25) is 0 Å². The fourth-order valence-corrected chi connectivity index (χ4v) is 5.79. The summed E-state index contributed by atoms with van der Waals surface area (Å²) in [5, 5.41) is 0.460. The molecule has 2 aromatic carbocycles. The predicted octanol–water partition coefficient (Wildman–Crippen LogP) is 5.13. The normalized spacial score (nSPS) is 16.6. The SMILES string of the molecule is Cc1nc(N2CCCN(c3ccc(-c4ccccc4F)cc3)C2=O)sc1S(C)(=N)=O. The van der Waals surface area contributed by atoms with Crippen molar-refractivity contribution in [1.82, 2.24) is 4.98 Å². The predicted molar refractivity (Wildman–Crippen MR) is 118 cm³/mol. The summed E-state index contributed by atoms with van der Waals surface area (Å²) < 4.78 is 34.4. The molecule has 2 amide bonds. The molecule has 0 aliphatic carbocycles. The summed E-state index contributed by atoms with van der Waals surface area (Å²) in [6, 6.07) is 13.6. The van der Waals surface area contributed by atoms with Crippen LogP contribution in [0.25, 0.3) is 11.1 Å². The number of anilines is 2. The summed E-state index contributed by atoms with van der Waals surface area (Å²) in [4.78, 5) is 20.8. The number of amides is 2. The molecule has 1 aliphatic rings. The van der Waals surface area contributed by atoms with Gasteiger partial charge >= 0.3 is 6.03 Å². The Bertz CT molecular complexity index is 1210. The molecule has 1 unspecified atom stereocenters. The molecule has 0 saturated carbocycles. The van der Waals surface area contributed by atoms with Crippen molar-refractivity contribution in [3.8, 4) is 11.1 Å². The van der Waals surface area contributed by atoms with Gasteiger partial charge < -0.3 is 0 Å². The molecule has 156 valence electrons. The van der Waals surface area contributed by atoms with Gasteiger partial charge in [0.15, 0.2) is 5.13 Å². The Morgan fingerprint density at radius 2 is 1.77 bits per heavy atom. The highest BCUT2D eigenvalue weighted by Crippen LogP contribution is 2.33. The number of hydrogen-bond donors (Lipinski definition) is 1. The van der Waals surface area contributed by atoms with Gasteiger partial charge in [0.1, 0.15) is 10.0 Å². The van der Waals surface area contributed by atoms with Crippen molar-refractivity contribution in [3.63, 3.8) is 0 Å². The third kappa shape index (κ3) is 3.82. The van der Waals surface area contributed by atoms with Crippen LogP contribution in [0.1, 0.15) is 12.1 Å². The average molecular weight is 445 g/mol. The fourth-order valence-electron chi connectivity index (χ4n) is 3.50. The molecular formula is C21H21FN4O2S2. The highest BCUT2D eigenvalue weighted by Gasteiger charge is 2.31. The summed E-state index contributed by atoms with van der Waals surface area (Å²) in [5.41, 5.74) is 2.50. The lowest BCUT2D eigenvalue weighted by Crippen LogP contribution is -2.49. The van der Waals surface area contributed by atoms with Crippen LogP contribution in [-0.4, -0.2) is 34.6 Å². The van der Waals surface area contributed by atoms with Crippen LogP contribution in [0, 0.1) is 17.5 Å². The van der Waals surface area contributed by atoms with E-state index in [1.54, 1.807) is 47.1 Å². The Balaban J connectivity index is 1.60. The van der Waals surface area contributed by atoms with Gasteiger partial charge in [-0.2, -0.15) is 0 Å². The summed E-state index contributed by atoms with van der Waals surface area (Å²) in [5.74, 6) is -0.290. The first kappa shape index (κ1) is 20.5. The first-order valence-corrected chi connectivity index (χ1v) is 12.2. The van der Waals surface area contributed by atoms with Crippen LogP contribution in [0.4, 0.5) is 20.0 Å². The number of halogens is 1. The third-order valence-corrected chi connectivity index (χ3v) is 8.10. The molecule has 1 aliphatic heterocycles. The second-order valence-corrected chi connectivity index (χ2v) is 10.5. The number of rotatable bonds is 4. The maximum Gasteiger partial charge on any atom is 0.330 e. The van der Waals surface area contributed by atoms with Gasteiger partial charge in [-0.3, -0.25) is 9.80 Å². The maximum atomic E-state index is 14.0. The van der Waals surface area contributed by atoms with Crippen LogP contribution in [-0.2, 0) is 9.73 Å². The van der Waals surface area contributed by atoms with Crippen molar-refractivity contribution >= 4 is 37.9 Å². The monoisotopic (exact) mass is 444 g/mol. The summed E-state index contributed by atoms with van der Waals surface area (Å²) in [6.45, 7) is 2.78. The average Bonchev–Trinajstić information content (AvgIpc) is 3.11. The zero-order valence-electron chi connectivity index (χ0n) is 16.6. The lowest BCUT2D eigenvalue weighted by Gasteiger charge is -2.34. The van der Waals surface area contributed by atoms with Crippen LogP contribution in [0.3, 0.4) is 0 Å². The third-order valence-electron chi connectivity index (χ3n) is 4.92. The van der Waals surface area contributed by atoms with E-state index in [-0.39, 0.29) is 11.8 Å². The van der Waals surface area contributed by atoms with Crippen LogP contribution < -0.4 is 9.80 Å². The maximum absolute atomic E-state index is 14.0. The Kier molecular flexibility index (Phi) is 5.33. The molecule has 3 aromatic rings. The highest BCUT2D eigenvalue weighted by molar-refractivity contribution is 7.93. The van der Waals surface area contributed by atoms with Crippen molar-refractivity contribution < 1.29 is 13.4 Å². The van der Waals surface area contributed by atoms with Crippen LogP contribution in [0.15, 0.2) is 52.7 Å². The molecule has 6 nitrogen and oxygen atoms in total. The number of carbonyl (C=O) groups excluding carboxylic acids is 1. The van der Waals surface area contributed by atoms with Crippen LogP contribution >= 0.6 is 11.3 Å². The van der Waals surface area contributed by atoms with Gasteiger partial charge in [-0.15, -0.1) is 0 Å². The number of aromatic nitrogens is 1. The van der Waals surface area contributed by atoms with Crippen molar-refractivity contribution in [1.29, 1.82) is 4.78 Å². The zero-order valence-corrected chi connectivity index (χ0v) is 18.2. The van der Waals surface area contributed by atoms with Crippen molar-refractivity contribution in [3.05, 3.63) is 60.0 Å². The van der Waals surface area contributed by atoms with Crippen LogP contribution in [0.2, 0.25) is 0 Å². The van der Waals surface area contributed by atoms with E-state index >= 15 is 0 Å². The quantitative estimate of drug-likeness (QED) is 0.606. The number of hydrogen-bond acceptors (Lipinski definition) is 5. The Morgan fingerprint density at radius 3 is 2.40 bits per heavy atom. The van der Waals surface area contributed by atoms with Crippen molar-refractivity contribution in [2.75, 3.05) is 29.1 Å². The molecule has 30 heavy (non-hydrogen) atoms. The minimum Gasteiger partial charge on any atom is -0.294 e. The Hall–Kier alpha value is -2.78. The van der Waals surface area contributed by atoms with E-state index in [4.69, 9.17) is 4.78 Å². The van der Waals surface area contributed by atoms with Crippen molar-refractivity contribution in [2.24, 2.45) is 0 Å². The minimum atomic E-state index is -2.90. The smallest absolute Gasteiger partial charge is 0.294 e. The zero-order chi connectivity index (χ0) is 21.5. The van der Waals surface area contributed by atoms with E-state index in [9.17, 15) is 13.4 Å². The molecule has 1 aromatic heterocycles. The van der Waals surface area contributed by atoms with E-state index < -0.39 is 9.73 Å². The number of carbonyl (C=O) groups is 1. The molecular weight excluding hydrogens is 423 g/mol. The van der Waals surface area contributed by atoms with Gasteiger partial charge in [-0.1, -0.05) is 41.7 Å². The van der Waals surface area contributed by atoms with Gasteiger partial charge in [-0.05, 0) is 37.1 Å². The first-order valence-electron chi connectivity index (χ1n) is 9.41. The van der Waals surface area contributed by atoms with Gasteiger partial charge in [0, 0.05) is 30.6 Å². The highest BCUT2D eigenvalue weighted by atomic mass is 32.2. The largest absolute Gasteiger partial charge is 0.330 e. The van der Waals surface area contributed by atoms with Crippen LogP contribution in [0.5, 0.6) is 0 Å². The van der Waals surface area contributed by atoms with Gasteiger partial charge in [-0.25, -0.2) is 23.2 Å². The molecule has 1 saturated heterocycles. The molecule has 2 heterocycles. The standard InChI is InChI=1S/C21H21FN4O2S2/c1-14-19(30(2,23)28)29-20(24-14)26-13-5-12-25(21(26)27)16-10-8-15(9-11-16)17-6-3-4-7-18(17)22/h3-4,6-11,23H,5,12-13H2,1-2H3. The lowest BCUT2D eigenvalue weighted by molar-refractivity contribution is 0.248. The molecule has 0 bridgehead atoms. The first-order chi connectivity index (χ1) is 14.3. The molecule has 1 N–H and O–H groups in total. The van der Waals surface area contributed by atoms with Gasteiger partial charge in [0.25, 0.3) is 0 Å². The molecule has 4 rings (SSSR count). The number of thiazole rings is 1. The number of benzene rings is 2. The number of nitrogens with one attached hydrogen (secondary N) is 1. The number of aryl methyl sites for hydroxylation is 1. The fraction of sp³-hybridized carbons (Fsp3) is 0.238. The minimum absolute atomic E-state index is 0.215. The summed E-state index contributed by atoms with van der Waals surface area (Å²) in [6.07, 6.45) is 2.11. The van der Waals surface area contributed by atoms with E-state index in [0.29, 0.717) is 33.7 Å². The Morgan fingerprint density at radius 1 is 1.10 bits per heavy atom. The molecule has 1 fully saturated rings. The molecule has 0 radical (unpaired) electrons. The summed E-state index contributed by atoms with van der Waals surface area (Å²) in [7, 11) is -2.90.